The Morgan fingerprint density at radius 3 is 2.71 bits per heavy atom. The molecule has 5 heteroatoms. The van der Waals surface area contributed by atoms with Gasteiger partial charge in [-0.25, -0.2) is 9.07 Å². The summed E-state index contributed by atoms with van der Waals surface area (Å²) in [6.07, 6.45) is 3.79. The first kappa shape index (κ1) is 15.9. The number of carbonyl (C=O) groups is 1. The van der Waals surface area contributed by atoms with E-state index >= 15 is 0 Å². The van der Waals surface area contributed by atoms with Crippen LogP contribution < -0.4 is 5.32 Å². The van der Waals surface area contributed by atoms with Crippen molar-refractivity contribution in [2.75, 3.05) is 0 Å². The Hall–Kier alpha value is -2.95. The van der Waals surface area contributed by atoms with Gasteiger partial charge in [0.25, 0.3) is 0 Å². The molecule has 4 nitrogen and oxygen atoms in total. The van der Waals surface area contributed by atoms with Crippen molar-refractivity contribution in [3.8, 4) is 5.69 Å². The van der Waals surface area contributed by atoms with Gasteiger partial charge in [-0.2, -0.15) is 5.10 Å². The van der Waals surface area contributed by atoms with Crippen LogP contribution in [-0.2, 0) is 17.8 Å². The molecule has 1 aromatic heterocycles. The third-order valence-electron chi connectivity index (χ3n) is 3.73. The van der Waals surface area contributed by atoms with E-state index < -0.39 is 0 Å². The molecule has 1 N–H and O–H groups in total. The fraction of sp³-hybridized carbons (Fsp3) is 0.158. The van der Waals surface area contributed by atoms with Crippen molar-refractivity contribution in [3.05, 3.63) is 83.4 Å². The maximum absolute atomic E-state index is 13.2. The number of aryl methyl sites for hydroxylation is 1. The Kier molecular flexibility index (Phi) is 4.70. The summed E-state index contributed by atoms with van der Waals surface area (Å²) in [5.74, 6) is -0.331. The van der Waals surface area contributed by atoms with Crippen LogP contribution in [0.1, 0.15) is 16.7 Å². The minimum Gasteiger partial charge on any atom is -0.352 e. The van der Waals surface area contributed by atoms with Crippen molar-refractivity contribution in [1.82, 2.24) is 15.1 Å². The van der Waals surface area contributed by atoms with Crippen LogP contribution in [-0.4, -0.2) is 15.7 Å². The number of aromatic nitrogens is 2. The van der Waals surface area contributed by atoms with Crippen molar-refractivity contribution >= 4 is 5.91 Å². The van der Waals surface area contributed by atoms with Crippen LogP contribution in [0, 0.1) is 12.7 Å². The number of para-hydroxylation sites is 1. The van der Waals surface area contributed by atoms with E-state index in [9.17, 15) is 9.18 Å². The van der Waals surface area contributed by atoms with Gasteiger partial charge in [-0.3, -0.25) is 4.79 Å². The molecule has 0 aliphatic carbocycles. The fourth-order valence-electron chi connectivity index (χ4n) is 2.44. The molecule has 0 atom stereocenters. The molecule has 3 rings (SSSR count). The summed E-state index contributed by atoms with van der Waals surface area (Å²) in [6, 6.07) is 14.6. The van der Waals surface area contributed by atoms with Crippen molar-refractivity contribution < 1.29 is 9.18 Å². The van der Waals surface area contributed by atoms with Crippen LogP contribution in [0.25, 0.3) is 5.69 Å². The summed E-state index contributed by atoms with van der Waals surface area (Å²) in [6.45, 7) is 2.09. The van der Waals surface area contributed by atoms with Gasteiger partial charge in [-0.1, -0.05) is 30.3 Å². The summed E-state index contributed by atoms with van der Waals surface area (Å²) in [7, 11) is 0. The number of benzene rings is 2. The van der Waals surface area contributed by atoms with Gasteiger partial charge in [-0.05, 0) is 41.8 Å². The molecule has 0 aliphatic rings. The average Bonchev–Trinajstić information content (AvgIpc) is 3.05. The Balaban J connectivity index is 1.57. The second-order valence-corrected chi connectivity index (χ2v) is 5.67. The predicted molar refractivity (Wildman–Crippen MR) is 90.3 cm³/mol. The van der Waals surface area contributed by atoms with E-state index in [0.717, 1.165) is 16.8 Å². The number of amides is 1. The number of nitrogens with one attached hydrogen (secondary N) is 1. The van der Waals surface area contributed by atoms with Crippen LogP contribution in [0.2, 0.25) is 0 Å². The number of carbonyl (C=O) groups excluding carboxylic acids is 1. The Labute approximate surface area is 139 Å². The zero-order valence-corrected chi connectivity index (χ0v) is 13.4. The van der Waals surface area contributed by atoms with E-state index in [2.05, 4.69) is 10.4 Å². The highest BCUT2D eigenvalue weighted by atomic mass is 19.1. The lowest BCUT2D eigenvalue weighted by atomic mass is 10.1. The van der Waals surface area contributed by atoms with E-state index in [0.29, 0.717) is 12.1 Å². The van der Waals surface area contributed by atoms with E-state index in [-0.39, 0.29) is 18.1 Å². The number of nitrogens with zero attached hydrogens (tertiary/aromatic N) is 2. The van der Waals surface area contributed by atoms with Crippen LogP contribution >= 0.6 is 0 Å². The fourth-order valence-corrected chi connectivity index (χ4v) is 2.44. The lowest BCUT2D eigenvalue weighted by Gasteiger charge is -2.06. The van der Waals surface area contributed by atoms with E-state index in [4.69, 9.17) is 0 Å². The molecule has 0 saturated heterocycles. The minimum absolute atomic E-state index is 0.0930. The Morgan fingerprint density at radius 2 is 1.96 bits per heavy atom. The lowest BCUT2D eigenvalue weighted by Crippen LogP contribution is -2.24. The summed E-state index contributed by atoms with van der Waals surface area (Å²) in [5.41, 5.74) is 3.24. The SMILES string of the molecule is Cc1cc(CNC(=O)Cc2cnn(-c3ccccc3)c2)ccc1F. The molecule has 24 heavy (non-hydrogen) atoms. The molecule has 0 fully saturated rings. The first-order valence-electron chi connectivity index (χ1n) is 7.72. The molecule has 122 valence electrons. The third-order valence-corrected chi connectivity index (χ3v) is 3.73. The molecule has 0 radical (unpaired) electrons. The molecule has 0 bridgehead atoms. The molecule has 0 unspecified atom stereocenters. The molecule has 0 saturated carbocycles. The molecule has 1 heterocycles. The van der Waals surface area contributed by atoms with Crippen molar-refractivity contribution in [1.29, 1.82) is 0 Å². The zero-order valence-electron chi connectivity index (χ0n) is 13.4. The van der Waals surface area contributed by atoms with Crippen molar-refractivity contribution in [2.45, 2.75) is 19.9 Å². The summed E-state index contributed by atoms with van der Waals surface area (Å²) in [5, 5.41) is 7.12. The summed E-state index contributed by atoms with van der Waals surface area (Å²) < 4.78 is 15.0. The van der Waals surface area contributed by atoms with Gasteiger partial charge in [0.15, 0.2) is 0 Å². The largest absolute Gasteiger partial charge is 0.352 e. The van der Waals surface area contributed by atoms with Gasteiger partial charge in [0.2, 0.25) is 5.91 Å². The summed E-state index contributed by atoms with van der Waals surface area (Å²) >= 11 is 0. The monoisotopic (exact) mass is 323 g/mol. The molecular formula is C19H18FN3O. The molecule has 3 aromatic rings. The molecule has 0 aliphatic heterocycles. The first-order valence-corrected chi connectivity index (χ1v) is 7.72. The van der Waals surface area contributed by atoms with Crippen LogP contribution in [0.15, 0.2) is 60.9 Å². The molecule has 2 aromatic carbocycles. The number of hydrogen-bond donors (Lipinski definition) is 1. The van der Waals surface area contributed by atoms with E-state index in [1.807, 2.05) is 36.5 Å². The van der Waals surface area contributed by atoms with E-state index in [1.165, 1.54) is 6.07 Å². The van der Waals surface area contributed by atoms with Gasteiger partial charge in [-0.15, -0.1) is 0 Å². The van der Waals surface area contributed by atoms with Crippen molar-refractivity contribution in [3.63, 3.8) is 0 Å². The van der Waals surface area contributed by atoms with Crippen LogP contribution in [0.3, 0.4) is 0 Å². The smallest absolute Gasteiger partial charge is 0.224 e. The van der Waals surface area contributed by atoms with Crippen molar-refractivity contribution in [2.24, 2.45) is 0 Å². The van der Waals surface area contributed by atoms with Gasteiger partial charge in [0, 0.05) is 12.7 Å². The predicted octanol–water partition coefficient (Wildman–Crippen LogP) is 3.18. The number of hydrogen-bond acceptors (Lipinski definition) is 2. The normalized spacial score (nSPS) is 10.6. The van der Waals surface area contributed by atoms with Gasteiger partial charge in [0.1, 0.15) is 5.82 Å². The Morgan fingerprint density at radius 1 is 1.17 bits per heavy atom. The minimum atomic E-state index is -0.238. The average molecular weight is 323 g/mol. The quantitative estimate of drug-likeness (QED) is 0.784. The Bertz CT molecular complexity index is 843. The second-order valence-electron chi connectivity index (χ2n) is 5.67. The number of rotatable bonds is 5. The third kappa shape index (κ3) is 3.87. The van der Waals surface area contributed by atoms with Gasteiger partial charge in [0.05, 0.1) is 18.3 Å². The van der Waals surface area contributed by atoms with Crippen LogP contribution in [0.4, 0.5) is 4.39 Å². The zero-order chi connectivity index (χ0) is 16.9. The van der Waals surface area contributed by atoms with Gasteiger partial charge >= 0.3 is 0 Å². The highest BCUT2D eigenvalue weighted by Gasteiger charge is 2.07. The highest BCUT2D eigenvalue weighted by molar-refractivity contribution is 5.78. The highest BCUT2D eigenvalue weighted by Crippen LogP contribution is 2.10. The topological polar surface area (TPSA) is 46.9 Å². The number of halogens is 1. The van der Waals surface area contributed by atoms with Gasteiger partial charge < -0.3 is 5.32 Å². The molecular weight excluding hydrogens is 305 g/mol. The maximum atomic E-state index is 13.2. The second kappa shape index (κ2) is 7.08. The van der Waals surface area contributed by atoms with Crippen LogP contribution in [0.5, 0.6) is 0 Å². The molecule has 0 spiro atoms. The molecule has 1 amide bonds. The standard InChI is InChI=1S/C19H18FN3O/c1-14-9-15(7-8-18(14)20)11-21-19(24)10-16-12-22-23(13-16)17-5-3-2-4-6-17/h2-9,12-13H,10-11H2,1H3,(H,21,24). The summed E-state index contributed by atoms with van der Waals surface area (Å²) in [4.78, 5) is 12.1. The maximum Gasteiger partial charge on any atom is 0.224 e. The first-order chi connectivity index (χ1) is 11.6. The lowest BCUT2D eigenvalue weighted by molar-refractivity contribution is -0.120. The van der Waals surface area contributed by atoms with E-state index in [1.54, 1.807) is 29.9 Å².